The molecule has 1 aromatic heterocycles. The van der Waals surface area contributed by atoms with Crippen molar-refractivity contribution in [2.24, 2.45) is 11.8 Å². The molecule has 2 aliphatic rings. The van der Waals surface area contributed by atoms with Crippen molar-refractivity contribution in [2.75, 3.05) is 20.2 Å². The fourth-order valence-corrected chi connectivity index (χ4v) is 5.34. The van der Waals surface area contributed by atoms with Crippen molar-refractivity contribution >= 4 is 0 Å². The van der Waals surface area contributed by atoms with Crippen LogP contribution >= 0.6 is 0 Å². The van der Waals surface area contributed by atoms with Crippen LogP contribution in [0, 0.1) is 11.8 Å². The minimum atomic E-state index is -0.786. The van der Waals surface area contributed by atoms with Crippen LogP contribution in [0.15, 0.2) is 72.9 Å². The molecule has 0 spiro atoms. The number of methoxy groups -OCH3 is 1. The Bertz CT molecular complexity index is 1010. The minimum Gasteiger partial charge on any atom is -0.497 e. The number of hydrogen-bond donors (Lipinski definition) is 1. The summed E-state index contributed by atoms with van der Waals surface area (Å²) in [4.78, 5) is 6.98. The van der Waals surface area contributed by atoms with E-state index in [2.05, 4.69) is 46.3 Å². The summed E-state index contributed by atoms with van der Waals surface area (Å²) >= 11 is 0. The maximum atomic E-state index is 11.5. The number of nitrogens with zero attached hydrogens (tertiary/aromatic N) is 2. The molecule has 2 heterocycles. The van der Waals surface area contributed by atoms with E-state index in [4.69, 9.17) is 4.74 Å². The Labute approximate surface area is 178 Å². The zero-order chi connectivity index (χ0) is 20.6. The van der Waals surface area contributed by atoms with Crippen LogP contribution in [0.3, 0.4) is 0 Å². The van der Waals surface area contributed by atoms with E-state index in [9.17, 15) is 5.11 Å². The molecule has 1 N–H and O–H groups in total. The number of aromatic nitrogens is 1. The summed E-state index contributed by atoms with van der Waals surface area (Å²) in [7, 11) is 1.69. The lowest BCUT2D eigenvalue weighted by molar-refractivity contribution is -0.0108. The molecule has 1 aliphatic heterocycles. The lowest BCUT2D eigenvalue weighted by Crippen LogP contribution is -2.35. The van der Waals surface area contributed by atoms with Gasteiger partial charge in [0, 0.05) is 31.7 Å². The molecular weight excluding hydrogens is 372 g/mol. The van der Waals surface area contributed by atoms with Crippen LogP contribution in [-0.4, -0.2) is 35.2 Å². The Morgan fingerprint density at radius 2 is 1.90 bits per heavy atom. The summed E-state index contributed by atoms with van der Waals surface area (Å²) in [6.45, 7) is 2.88. The maximum absolute atomic E-state index is 11.5. The first-order valence-corrected chi connectivity index (χ1v) is 10.8. The van der Waals surface area contributed by atoms with Crippen LogP contribution in [0.2, 0.25) is 0 Å². The van der Waals surface area contributed by atoms with Crippen molar-refractivity contribution in [2.45, 2.75) is 25.0 Å². The van der Waals surface area contributed by atoms with Gasteiger partial charge in [-0.15, -0.1) is 0 Å². The third kappa shape index (κ3) is 3.51. The fourth-order valence-electron chi connectivity index (χ4n) is 5.34. The van der Waals surface area contributed by atoms with Crippen molar-refractivity contribution < 1.29 is 9.84 Å². The Morgan fingerprint density at radius 1 is 1.03 bits per heavy atom. The van der Waals surface area contributed by atoms with Crippen molar-refractivity contribution in [1.29, 1.82) is 0 Å². The number of hydrogen-bond acceptors (Lipinski definition) is 4. The van der Waals surface area contributed by atoms with Crippen LogP contribution in [0.1, 0.15) is 24.1 Å². The van der Waals surface area contributed by atoms with Crippen molar-refractivity contribution in [3.63, 3.8) is 0 Å². The van der Waals surface area contributed by atoms with E-state index in [0.29, 0.717) is 5.92 Å². The van der Waals surface area contributed by atoms with E-state index in [-0.39, 0.29) is 5.92 Å². The fraction of sp³-hybridized carbons (Fsp3) is 0.346. The molecule has 1 aliphatic carbocycles. The highest BCUT2D eigenvalue weighted by Crippen LogP contribution is 2.50. The second-order valence-corrected chi connectivity index (χ2v) is 8.67. The van der Waals surface area contributed by atoms with Crippen molar-refractivity contribution in [3.05, 3.63) is 84.2 Å². The van der Waals surface area contributed by atoms with Crippen LogP contribution in [0.5, 0.6) is 5.75 Å². The average Bonchev–Trinajstić information content (AvgIpc) is 3.34. The molecule has 0 bridgehead atoms. The van der Waals surface area contributed by atoms with Gasteiger partial charge in [-0.2, -0.15) is 0 Å². The SMILES string of the molecule is COc1ccc(-c2cccc(CN3C[C@H]4CC[C@](O)(c5ccccn5)[C@H]4C3)c2)cc1. The van der Waals surface area contributed by atoms with Gasteiger partial charge in [0.2, 0.25) is 0 Å². The summed E-state index contributed by atoms with van der Waals surface area (Å²) in [6.07, 6.45) is 3.68. The molecule has 1 saturated heterocycles. The highest BCUT2D eigenvalue weighted by atomic mass is 16.5. The molecule has 2 aromatic carbocycles. The van der Waals surface area contributed by atoms with Gasteiger partial charge in [0.1, 0.15) is 11.4 Å². The van der Waals surface area contributed by atoms with Gasteiger partial charge in [-0.05, 0) is 65.8 Å². The van der Waals surface area contributed by atoms with Gasteiger partial charge in [0.05, 0.1) is 12.8 Å². The molecule has 0 amide bonds. The molecule has 0 radical (unpaired) electrons. The topological polar surface area (TPSA) is 45.6 Å². The molecule has 5 rings (SSSR count). The quantitative estimate of drug-likeness (QED) is 0.686. The number of fused-ring (bicyclic) bond motifs is 1. The third-order valence-corrected chi connectivity index (χ3v) is 6.89. The van der Waals surface area contributed by atoms with E-state index in [0.717, 1.165) is 43.9 Å². The molecule has 0 unspecified atom stereocenters. The number of rotatable bonds is 5. The lowest BCUT2D eigenvalue weighted by Gasteiger charge is -2.29. The van der Waals surface area contributed by atoms with Gasteiger partial charge in [0.25, 0.3) is 0 Å². The zero-order valence-electron chi connectivity index (χ0n) is 17.4. The molecule has 1 saturated carbocycles. The molecule has 2 fully saturated rings. The van der Waals surface area contributed by atoms with E-state index >= 15 is 0 Å². The predicted octanol–water partition coefficient (Wildman–Crippen LogP) is 4.49. The summed E-state index contributed by atoms with van der Waals surface area (Å²) in [5, 5.41) is 11.5. The van der Waals surface area contributed by atoms with E-state index in [1.165, 1.54) is 16.7 Å². The van der Waals surface area contributed by atoms with Crippen LogP contribution in [0.4, 0.5) is 0 Å². The summed E-state index contributed by atoms with van der Waals surface area (Å²) in [5.74, 6) is 1.68. The highest BCUT2D eigenvalue weighted by molar-refractivity contribution is 5.64. The molecule has 3 atom stereocenters. The number of likely N-dealkylation sites (tertiary alicyclic amines) is 1. The highest BCUT2D eigenvalue weighted by Gasteiger charge is 2.52. The normalized spacial score (nSPS) is 25.9. The standard InChI is InChI=1S/C26H28N2O2/c1-30-23-10-8-20(9-11-23)21-6-4-5-19(15-21)16-28-17-22-12-13-26(29,24(22)18-28)25-7-2-3-14-27-25/h2-11,14-15,22,24,29H,12-13,16-18H2,1H3/t22-,24+,26-/m1/s1. The smallest absolute Gasteiger partial charge is 0.118 e. The molecule has 3 aromatic rings. The molecule has 30 heavy (non-hydrogen) atoms. The Morgan fingerprint density at radius 3 is 2.67 bits per heavy atom. The van der Waals surface area contributed by atoms with Crippen molar-refractivity contribution in [3.8, 4) is 16.9 Å². The second-order valence-electron chi connectivity index (χ2n) is 8.67. The number of pyridine rings is 1. The first-order chi connectivity index (χ1) is 14.7. The monoisotopic (exact) mass is 400 g/mol. The van der Waals surface area contributed by atoms with Crippen LogP contribution in [0.25, 0.3) is 11.1 Å². The first kappa shape index (κ1) is 19.3. The van der Waals surface area contributed by atoms with Gasteiger partial charge < -0.3 is 9.84 Å². The van der Waals surface area contributed by atoms with Gasteiger partial charge in [-0.1, -0.05) is 36.4 Å². The minimum absolute atomic E-state index is 0.261. The van der Waals surface area contributed by atoms with Crippen LogP contribution in [-0.2, 0) is 12.1 Å². The molecular formula is C26H28N2O2. The Balaban J connectivity index is 1.31. The van der Waals surface area contributed by atoms with Gasteiger partial charge in [0.15, 0.2) is 0 Å². The summed E-state index contributed by atoms with van der Waals surface area (Å²) in [6, 6.07) is 22.8. The van der Waals surface area contributed by atoms with E-state index in [1.807, 2.05) is 30.3 Å². The summed E-state index contributed by atoms with van der Waals surface area (Å²) < 4.78 is 5.27. The van der Waals surface area contributed by atoms with Crippen molar-refractivity contribution in [1.82, 2.24) is 9.88 Å². The zero-order valence-corrected chi connectivity index (χ0v) is 17.4. The summed E-state index contributed by atoms with van der Waals surface area (Å²) in [5.41, 5.74) is 3.77. The first-order valence-electron chi connectivity index (χ1n) is 10.8. The molecule has 4 heteroatoms. The predicted molar refractivity (Wildman–Crippen MR) is 118 cm³/mol. The molecule has 4 nitrogen and oxygen atoms in total. The Kier molecular flexibility index (Phi) is 5.05. The maximum Gasteiger partial charge on any atom is 0.118 e. The lowest BCUT2D eigenvalue weighted by atomic mass is 9.85. The van der Waals surface area contributed by atoms with Gasteiger partial charge >= 0.3 is 0 Å². The number of benzene rings is 2. The Hall–Kier alpha value is -2.69. The van der Waals surface area contributed by atoms with Crippen LogP contribution < -0.4 is 4.74 Å². The second kappa shape index (κ2) is 7.86. The van der Waals surface area contributed by atoms with Gasteiger partial charge in [-0.3, -0.25) is 9.88 Å². The number of ether oxygens (including phenoxy) is 1. The molecule has 154 valence electrons. The number of aliphatic hydroxyl groups is 1. The van der Waals surface area contributed by atoms with Gasteiger partial charge in [-0.25, -0.2) is 0 Å². The third-order valence-electron chi connectivity index (χ3n) is 6.89. The largest absolute Gasteiger partial charge is 0.497 e. The van der Waals surface area contributed by atoms with E-state index in [1.54, 1.807) is 13.3 Å². The average molecular weight is 401 g/mol. The van der Waals surface area contributed by atoms with E-state index < -0.39 is 5.60 Å².